The number of hydrogen-bond donors (Lipinski definition) is 0. The summed E-state index contributed by atoms with van der Waals surface area (Å²) >= 11 is 0. The molecule has 0 aliphatic heterocycles. The maximum absolute atomic E-state index is 6.83. The van der Waals surface area contributed by atoms with Crippen molar-refractivity contribution in [1.29, 1.82) is 0 Å². The predicted molar refractivity (Wildman–Crippen MR) is 44.0 cm³/mol. The Morgan fingerprint density at radius 2 is 2.18 bits per heavy atom. The van der Waals surface area contributed by atoms with Crippen LogP contribution >= 0.6 is 0 Å². The van der Waals surface area contributed by atoms with Crippen molar-refractivity contribution in [3.8, 4) is 5.75 Å². The Balaban J connectivity index is 3.15. The molecule has 0 bridgehead atoms. The minimum absolute atomic E-state index is 0.657. The van der Waals surface area contributed by atoms with Gasteiger partial charge in [-0.3, -0.25) is 0 Å². The van der Waals surface area contributed by atoms with Crippen molar-refractivity contribution in [2.75, 3.05) is 7.11 Å². The molecule has 2 nitrogen and oxygen atoms in total. The van der Waals surface area contributed by atoms with Crippen LogP contribution in [0.25, 0.3) is 4.85 Å². The first kappa shape index (κ1) is 7.62. The zero-order chi connectivity index (χ0) is 8.27. The molecule has 2 heteroatoms. The van der Waals surface area contributed by atoms with Gasteiger partial charge in [0.25, 0.3) is 0 Å². The Morgan fingerprint density at radius 3 is 2.73 bits per heavy atom. The van der Waals surface area contributed by atoms with E-state index in [9.17, 15) is 0 Å². The van der Waals surface area contributed by atoms with Crippen LogP contribution in [0.2, 0.25) is 0 Å². The molecule has 0 amide bonds. The second-order valence-corrected chi connectivity index (χ2v) is 2.26. The summed E-state index contributed by atoms with van der Waals surface area (Å²) < 4.78 is 4.97. The Hall–Kier alpha value is -1.49. The van der Waals surface area contributed by atoms with Gasteiger partial charge in [-0.05, 0) is 24.6 Å². The highest BCUT2D eigenvalue weighted by molar-refractivity contribution is 5.55. The summed E-state index contributed by atoms with van der Waals surface area (Å²) in [6.45, 7) is 8.74. The van der Waals surface area contributed by atoms with Crippen molar-refractivity contribution >= 4 is 5.69 Å². The number of benzene rings is 1. The highest BCUT2D eigenvalue weighted by atomic mass is 16.5. The van der Waals surface area contributed by atoms with E-state index in [1.165, 1.54) is 0 Å². The highest BCUT2D eigenvalue weighted by Gasteiger charge is 1.97. The summed E-state index contributed by atoms with van der Waals surface area (Å²) in [5.74, 6) is 0.738. The number of hydrogen-bond acceptors (Lipinski definition) is 1. The minimum Gasteiger partial charge on any atom is -0.498 e. The molecule has 0 unspecified atom stereocenters. The van der Waals surface area contributed by atoms with Crippen LogP contribution in [0.1, 0.15) is 5.56 Å². The summed E-state index contributed by atoms with van der Waals surface area (Å²) in [7, 11) is 1.60. The molecule has 0 aliphatic carbocycles. The predicted octanol–water partition coefficient (Wildman–Crippen LogP) is 2.55. The number of rotatable bonds is 1. The standard InChI is InChI=1S/C9H9NO/c1-7-4-5-8(11-3)6-9(7)10-2/h4-6H,1,3H3. The van der Waals surface area contributed by atoms with E-state index in [1.807, 2.05) is 19.1 Å². The average Bonchev–Trinajstić information content (AvgIpc) is 2.05. The molecule has 0 N–H and O–H groups in total. The molecule has 0 heterocycles. The van der Waals surface area contributed by atoms with E-state index in [2.05, 4.69) is 4.85 Å². The van der Waals surface area contributed by atoms with Crippen LogP contribution in [0.3, 0.4) is 0 Å². The molecule has 56 valence electrons. The molecule has 0 saturated carbocycles. The van der Waals surface area contributed by atoms with Gasteiger partial charge in [0.05, 0.1) is 13.7 Å². The Morgan fingerprint density at radius 1 is 1.45 bits per heavy atom. The first-order chi connectivity index (χ1) is 5.27. The zero-order valence-corrected chi connectivity index (χ0v) is 6.59. The molecule has 11 heavy (non-hydrogen) atoms. The van der Waals surface area contributed by atoms with Crippen LogP contribution in [0.5, 0.6) is 5.75 Å². The van der Waals surface area contributed by atoms with Gasteiger partial charge in [-0.15, -0.1) is 0 Å². The molecule has 0 aromatic heterocycles. The van der Waals surface area contributed by atoms with Gasteiger partial charge in [0, 0.05) is 0 Å². The summed E-state index contributed by atoms with van der Waals surface area (Å²) in [5.41, 5.74) is 1.64. The van der Waals surface area contributed by atoms with E-state index in [1.54, 1.807) is 13.2 Å². The SMILES string of the molecule is [C-]#[N+]c1cc(OC)ccc1C. The van der Waals surface area contributed by atoms with Gasteiger partial charge in [-0.2, -0.15) is 0 Å². The molecule has 0 fully saturated rings. The summed E-state index contributed by atoms with van der Waals surface area (Å²) in [4.78, 5) is 3.35. The molecule has 0 spiro atoms. The van der Waals surface area contributed by atoms with E-state index >= 15 is 0 Å². The van der Waals surface area contributed by atoms with Crippen LogP contribution in [-0.2, 0) is 0 Å². The lowest BCUT2D eigenvalue weighted by Crippen LogP contribution is -1.81. The molecule has 0 radical (unpaired) electrons. The van der Waals surface area contributed by atoms with E-state index in [4.69, 9.17) is 11.3 Å². The second kappa shape index (κ2) is 3.07. The second-order valence-electron chi connectivity index (χ2n) is 2.26. The lowest BCUT2D eigenvalue weighted by molar-refractivity contribution is 0.415. The molecule has 1 aromatic rings. The van der Waals surface area contributed by atoms with E-state index in [0.29, 0.717) is 5.69 Å². The molecule has 0 aliphatic rings. The van der Waals surface area contributed by atoms with Gasteiger partial charge in [-0.25, -0.2) is 4.85 Å². The minimum atomic E-state index is 0.657. The molecule has 1 aromatic carbocycles. The van der Waals surface area contributed by atoms with Crippen molar-refractivity contribution in [2.24, 2.45) is 0 Å². The Bertz CT molecular complexity index is 299. The van der Waals surface area contributed by atoms with Crippen LogP contribution in [-0.4, -0.2) is 7.11 Å². The monoisotopic (exact) mass is 147 g/mol. The molecule has 0 saturated heterocycles. The fraction of sp³-hybridized carbons (Fsp3) is 0.222. The van der Waals surface area contributed by atoms with Gasteiger partial charge in [0.2, 0.25) is 0 Å². The van der Waals surface area contributed by atoms with E-state index in [0.717, 1.165) is 11.3 Å². The summed E-state index contributed by atoms with van der Waals surface area (Å²) in [6.07, 6.45) is 0. The first-order valence-corrected chi connectivity index (χ1v) is 3.30. The van der Waals surface area contributed by atoms with E-state index < -0.39 is 0 Å². The maximum Gasteiger partial charge on any atom is 0.193 e. The number of aryl methyl sites for hydroxylation is 1. The normalized spacial score (nSPS) is 8.82. The smallest absolute Gasteiger partial charge is 0.193 e. The number of methoxy groups -OCH3 is 1. The van der Waals surface area contributed by atoms with Crippen LogP contribution < -0.4 is 4.74 Å². The van der Waals surface area contributed by atoms with Crippen molar-refractivity contribution < 1.29 is 4.74 Å². The van der Waals surface area contributed by atoms with Gasteiger partial charge in [0.15, 0.2) is 5.69 Å². The topological polar surface area (TPSA) is 13.6 Å². The number of nitrogens with zero attached hydrogens (tertiary/aromatic N) is 1. The van der Waals surface area contributed by atoms with E-state index in [-0.39, 0.29) is 0 Å². The molecule has 0 atom stereocenters. The Labute approximate surface area is 66.2 Å². The highest BCUT2D eigenvalue weighted by Crippen LogP contribution is 2.23. The van der Waals surface area contributed by atoms with Crippen molar-refractivity contribution in [3.05, 3.63) is 35.2 Å². The third-order valence-electron chi connectivity index (χ3n) is 1.54. The van der Waals surface area contributed by atoms with Gasteiger partial charge >= 0.3 is 0 Å². The zero-order valence-electron chi connectivity index (χ0n) is 6.59. The fourth-order valence-corrected chi connectivity index (χ4v) is 0.837. The van der Waals surface area contributed by atoms with Crippen LogP contribution in [0, 0.1) is 13.5 Å². The van der Waals surface area contributed by atoms with Gasteiger partial charge in [-0.1, -0.05) is 6.07 Å². The van der Waals surface area contributed by atoms with Crippen molar-refractivity contribution in [2.45, 2.75) is 6.92 Å². The summed E-state index contributed by atoms with van der Waals surface area (Å²) in [5, 5.41) is 0. The lowest BCUT2D eigenvalue weighted by Gasteiger charge is -2.00. The van der Waals surface area contributed by atoms with Crippen LogP contribution in [0.4, 0.5) is 5.69 Å². The average molecular weight is 147 g/mol. The molecule has 1 rings (SSSR count). The Kier molecular flexibility index (Phi) is 2.12. The largest absolute Gasteiger partial charge is 0.498 e. The lowest BCUT2D eigenvalue weighted by atomic mass is 10.2. The molecular formula is C9H9NO. The van der Waals surface area contributed by atoms with Gasteiger partial charge < -0.3 is 4.74 Å². The van der Waals surface area contributed by atoms with Crippen LogP contribution in [0.15, 0.2) is 18.2 Å². The van der Waals surface area contributed by atoms with Crippen molar-refractivity contribution in [3.63, 3.8) is 0 Å². The third-order valence-corrected chi connectivity index (χ3v) is 1.54. The maximum atomic E-state index is 6.83. The van der Waals surface area contributed by atoms with Crippen molar-refractivity contribution in [1.82, 2.24) is 0 Å². The number of ether oxygens (including phenoxy) is 1. The third kappa shape index (κ3) is 1.50. The van der Waals surface area contributed by atoms with Gasteiger partial charge in [0.1, 0.15) is 5.75 Å². The summed E-state index contributed by atoms with van der Waals surface area (Å²) in [6, 6.07) is 5.47. The fourth-order valence-electron chi connectivity index (χ4n) is 0.837. The first-order valence-electron chi connectivity index (χ1n) is 3.30. The quantitative estimate of drug-likeness (QED) is 0.556. The molecular weight excluding hydrogens is 138 g/mol.